The highest BCUT2D eigenvalue weighted by atomic mass is 16.2. The lowest BCUT2D eigenvalue weighted by Gasteiger charge is -2.15. The Kier molecular flexibility index (Phi) is 3.43. The van der Waals surface area contributed by atoms with Gasteiger partial charge in [0.2, 0.25) is 0 Å². The molecule has 0 spiro atoms. The molecule has 0 bridgehead atoms. The number of benzene rings is 2. The van der Waals surface area contributed by atoms with Crippen molar-refractivity contribution in [2.75, 3.05) is 0 Å². The zero-order valence-corrected chi connectivity index (χ0v) is 13.0. The van der Waals surface area contributed by atoms with Gasteiger partial charge in [0, 0.05) is 23.6 Å². The van der Waals surface area contributed by atoms with Crippen LogP contribution in [-0.4, -0.2) is 27.3 Å². The normalized spacial score (nSPS) is 13.0. The molecule has 0 radical (unpaired) electrons. The number of imide groups is 1. The molecule has 2 heterocycles. The first-order valence-electron chi connectivity index (χ1n) is 7.67. The van der Waals surface area contributed by atoms with Crippen molar-refractivity contribution in [1.29, 1.82) is 0 Å². The van der Waals surface area contributed by atoms with Gasteiger partial charge in [0.1, 0.15) is 0 Å². The zero-order chi connectivity index (χ0) is 17.4. The first kappa shape index (κ1) is 14.9. The van der Waals surface area contributed by atoms with Crippen LogP contribution in [0, 0.1) is 0 Å². The van der Waals surface area contributed by atoms with Crippen LogP contribution in [0.25, 0.3) is 5.69 Å². The Morgan fingerprint density at radius 1 is 0.760 bits per heavy atom. The second-order valence-electron chi connectivity index (χ2n) is 5.57. The minimum atomic E-state index is -0.530. The van der Waals surface area contributed by atoms with E-state index in [0.717, 1.165) is 10.7 Å². The van der Waals surface area contributed by atoms with E-state index in [-0.39, 0.29) is 11.1 Å². The molecule has 1 aliphatic heterocycles. The fourth-order valence-electron chi connectivity index (χ4n) is 2.75. The molecule has 0 unspecified atom stereocenters. The minimum Gasteiger partial charge on any atom is -0.324 e. The Morgan fingerprint density at radius 2 is 1.32 bits per heavy atom. The topological polar surface area (TPSA) is 71.4 Å². The fraction of sp³-hybridized carbons (Fsp3) is 0. The van der Waals surface area contributed by atoms with Crippen LogP contribution in [0.2, 0.25) is 0 Å². The van der Waals surface area contributed by atoms with Gasteiger partial charge in [0.25, 0.3) is 17.7 Å². The van der Waals surface area contributed by atoms with E-state index in [9.17, 15) is 14.4 Å². The van der Waals surface area contributed by atoms with Crippen molar-refractivity contribution >= 4 is 17.7 Å². The molecule has 1 aromatic heterocycles. The molecule has 1 aliphatic rings. The summed E-state index contributed by atoms with van der Waals surface area (Å²) in [5.74, 6) is -1.58. The predicted octanol–water partition coefficient (Wildman–Crippen LogP) is 2.42. The lowest BCUT2D eigenvalue weighted by atomic mass is 10.1. The quantitative estimate of drug-likeness (QED) is 0.749. The molecule has 2 aromatic carbocycles. The summed E-state index contributed by atoms with van der Waals surface area (Å²) in [6.45, 7) is 0. The van der Waals surface area contributed by atoms with Gasteiger partial charge in [-0.2, -0.15) is 5.01 Å². The Morgan fingerprint density at radius 3 is 1.88 bits per heavy atom. The third-order valence-corrected chi connectivity index (χ3v) is 4.04. The molecule has 0 aliphatic carbocycles. The number of hydrogen-bond donors (Lipinski definition) is 1. The van der Waals surface area contributed by atoms with Crippen LogP contribution in [0.1, 0.15) is 31.1 Å². The van der Waals surface area contributed by atoms with Crippen LogP contribution >= 0.6 is 0 Å². The Labute approximate surface area is 143 Å². The molecule has 25 heavy (non-hydrogen) atoms. The van der Waals surface area contributed by atoms with Gasteiger partial charge in [-0.25, -0.2) is 0 Å². The Bertz CT molecular complexity index is 940. The van der Waals surface area contributed by atoms with E-state index >= 15 is 0 Å². The summed E-state index contributed by atoms with van der Waals surface area (Å²) in [5, 5.41) is 0.757. The maximum absolute atomic E-state index is 12.4. The molecule has 0 saturated carbocycles. The lowest BCUT2D eigenvalue weighted by molar-refractivity contribution is 0.0518. The summed E-state index contributed by atoms with van der Waals surface area (Å²) >= 11 is 0. The third kappa shape index (κ3) is 2.49. The Hall–Kier alpha value is -3.67. The van der Waals surface area contributed by atoms with Crippen LogP contribution < -0.4 is 5.43 Å². The summed E-state index contributed by atoms with van der Waals surface area (Å²) in [4.78, 5) is 36.9. The number of amides is 3. The molecule has 6 nitrogen and oxygen atoms in total. The maximum atomic E-state index is 12.4. The lowest BCUT2D eigenvalue weighted by Crippen LogP contribution is -2.45. The summed E-state index contributed by atoms with van der Waals surface area (Å²) in [7, 11) is 0. The molecular weight excluding hydrogens is 318 g/mol. The zero-order valence-electron chi connectivity index (χ0n) is 13.0. The SMILES string of the molecule is O=C(NN1C(=O)c2ccccc2C1=O)c1ccc(-n2cccc2)cc1. The number of nitrogens with one attached hydrogen (secondary N) is 1. The molecule has 122 valence electrons. The van der Waals surface area contributed by atoms with E-state index in [4.69, 9.17) is 0 Å². The number of hydrogen-bond acceptors (Lipinski definition) is 3. The van der Waals surface area contributed by atoms with Gasteiger partial charge in [-0.15, -0.1) is 0 Å². The average molecular weight is 331 g/mol. The molecule has 0 saturated heterocycles. The standard InChI is InChI=1S/C19H13N3O3/c23-17(13-7-9-14(10-8-13)21-11-3-4-12-21)20-22-18(24)15-5-1-2-6-16(15)19(22)25/h1-12H,(H,20,23). The second kappa shape index (κ2) is 5.76. The number of fused-ring (bicyclic) bond motifs is 1. The van der Waals surface area contributed by atoms with Crippen LogP contribution in [0.5, 0.6) is 0 Å². The van der Waals surface area contributed by atoms with Crippen molar-refractivity contribution in [1.82, 2.24) is 15.0 Å². The van der Waals surface area contributed by atoms with Crippen LogP contribution in [0.4, 0.5) is 0 Å². The summed E-state index contributed by atoms with van der Waals surface area (Å²) < 4.78 is 1.91. The van der Waals surface area contributed by atoms with E-state index in [2.05, 4.69) is 5.43 Å². The van der Waals surface area contributed by atoms with Gasteiger partial charge in [0.15, 0.2) is 0 Å². The smallest absolute Gasteiger partial charge is 0.280 e. The van der Waals surface area contributed by atoms with Gasteiger partial charge in [-0.1, -0.05) is 12.1 Å². The van der Waals surface area contributed by atoms with E-state index in [0.29, 0.717) is 5.56 Å². The van der Waals surface area contributed by atoms with Gasteiger partial charge in [-0.3, -0.25) is 19.8 Å². The molecule has 3 aromatic rings. The monoisotopic (exact) mass is 331 g/mol. The van der Waals surface area contributed by atoms with Crippen molar-refractivity contribution in [3.63, 3.8) is 0 Å². The first-order chi connectivity index (χ1) is 12.1. The van der Waals surface area contributed by atoms with Gasteiger partial charge in [0.05, 0.1) is 11.1 Å². The highest BCUT2D eigenvalue weighted by Gasteiger charge is 2.36. The van der Waals surface area contributed by atoms with Crippen molar-refractivity contribution in [2.45, 2.75) is 0 Å². The predicted molar refractivity (Wildman–Crippen MR) is 90.2 cm³/mol. The molecule has 1 N–H and O–H groups in total. The molecule has 4 rings (SSSR count). The number of nitrogens with zero attached hydrogens (tertiary/aromatic N) is 2. The highest BCUT2D eigenvalue weighted by Crippen LogP contribution is 2.21. The second-order valence-corrected chi connectivity index (χ2v) is 5.57. The molecule has 0 atom stereocenters. The first-order valence-corrected chi connectivity index (χ1v) is 7.67. The van der Waals surface area contributed by atoms with Crippen LogP contribution in [0.15, 0.2) is 73.1 Å². The molecule has 6 heteroatoms. The van der Waals surface area contributed by atoms with Crippen LogP contribution in [-0.2, 0) is 0 Å². The van der Waals surface area contributed by atoms with Gasteiger partial charge < -0.3 is 4.57 Å². The summed E-state index contributed by atoms with van der Waals surface area (Å²) in [6.07, 6.45) is 3.79. The average Bonchev–Trinajstić information content (AvgIpc) is 3.26. The van der Waals surface area contributed by atoms with Crippen LogP contribution in [0.3, 0.4) is 0 Å². The number of carbonyl (C=O) groups excluding carboxylic acids is 3. The van der Waals surface area contributed by atoms with Crippen molar-refractivity contribution in [3.8, 4) is 5.69 Å². The van der Waals surface area contributed by atoms with E-state index in [1.807, 2.05) is 29.1 Å². The van der Waals surface area contributed by atoms with E-state index in [1.165, 1.54) is 0 Å². The van der Waals surface area contributed by atoms with Crippen molar-refractivity contribution in [2.24, 2.45) is 0 Å². The number of rotatable bonds is 3. The van der Waals surface area contributed by atoms with Crippen molar-refractivity contribution in [3.05, 3.63) is 89.7 Å². The molecule has 0 fully saturated rings. The van der Waals surface area contributed by atoms with E-state index < -0.39 is 17.7 Å². The summed E-state index contributed by atoms with van der Waals surface area (Å²) in [5.41, 5.74) is 4.22. The fourth-order valence-corrected chi connectivity index (χ4v) is 2.75. The van der Waals surface area contributed by atoms with Gasteiger partial charge >= 0.3 is 0 Å². The third-order valence-electron chi connectivity index (χ3n) is 4.04. The van der Waals surface area contributed by atoms with Crippen molar-refractivity contribution < 1.29 is 14.4 Å². The minimum absolute atomic E-state index is 0.288. The van der Waals surface area contributed by atoms with Gasteiger partial charge in [-0.05, 0) is 48.5 Å². The molecular formula is C19H13N3O3. The molecule has 3 amide bonds. The number of aromatic nitrogens is 1. The Balaban J connectivity index is 1.53. The maximum Gasteiger partial charge on any atom is 0.280 e. The number of carbonyl (C=O) groups is 3. The number of hydrazine groups is 1. The largest absolute Gasteiger partial charge is 0.324 e. The summed E-state index contributed by atoms with van der Waals surface area (Å²) in [6, 6.07) is 17.2. The highest BCUT2D eigenvalue weighted by molar-refractivity contribution is 6.22. The van der Waals surface area contributed by atoms with E-state index in [1.54, 1.807) is 48.5 Å².